The number of carbonyl (C=O) groups excluding carboxylic acids is 1. The van der Waals surface area contributed by atoms with Gasteiger partial charge in [0.1, 0.15) is 10.8 Å². The van der Waals surface area contributed by atoms with E-state index in [2.05, 4.69) is 20.6 Å². The monoisotopic (exact) mass is 331 g/mol. The first-order valence-corrected chi connectivity index (χ1v) is 8.54. The minimum absolute atomic E-state index is 0.00251. The van der Waals surface area contributed by atoms with Gasteiger partial charge in [-0.1, -0.05) is 0 Å². The predicted molar refractivity (Wildman–Crippen MR) is 93.0 cm³/mol. The number of pyridine rings is 1. The van der Waals surface area contributed by atoms with Crippen LogP contribution in [0.1, 0.15) is 29.6 Å². The summed E-state index contributed by atoms with van der Waals surface area (Å²) in [4.78, 5) is 23.0. The second-order valence-corrected chi connectivity index (χ2v) is 6.93. The number of amides is 2. The topological polar surface area (TPSA) is 70.2 Å². The molecule has 0 spiro atoms. The van der Waals surface area contributed by atoms with Gasteiger partial charge in [0.15, 0.2) is 0 Å². The van der Waals surface area contributed by atoms with Crippen LogP contribution in [0, 0.1) is 12.8 Å². The minimum Gasteiger partial charge on any atom is -0.363 e. The molecule has 1 aliphatic carbocycles. The normalized spacial score (nSPS) is 15.1. The van der Waals surface area contributed by atoms with Crippen LogP contribution in [0.2, 0.25) is 0 Å². The van der Waals surface area contributed by atoms with Crippen molar-refractivity contribution in [3.05, 3.63) is 34.4 Å². The van der Waals surface area contributed by atoms with Gasteiger partial charge < -0.3 is 15.5 Å². The van der Waals surface area contributed by atoms with Crippen LogP contribution in [0.15, 0.2) is 23.7 Å². The fourth-order valence-corrected chi connectivity index (χ4v) is 3.30. The largest absolute Gasteiger partial charge is 0.363 e. The summed E-state index contributed by atoms with van der Waals surface area (Å²) in [6.07, 6.45) is 3.94. The van der Waals surface area contributed by atoms with Crippen LogP contribution >= 0.6 is 11.3 Å². The minimum atomic E-state index is -0.214. The maximum atomic E-state index is 12.3. The number of nitrogens with zero attached hydrogens (tertiary/aromatic N) is 3. The van der Waals surface area contributed by atoms with Gasteiger partial charge >= 0.3 is 6.03 Å². The Balaban J connectivity index is 1.63. The molecule has 0 aromatic carbocycles. The van der Waals surface area contributed by atoms with Crippen molar-refractivity contribution in [3.63, 3.8) is 0 Å². The molecule has 1 atom stereocenters. The molecule has 0 saturated heterocycles. The van der Waals surface area contributed by atoms with Crippen molar-refractivity contribution in [3.8, 4) is 0 Å². The second-order valence-electron chi connectivity index (χ2n) is 6.04. The Morgan fingerprint density at radius 3 is 2.70 bits per heavy atom. The first-order chi connectivity index (χ1) is 11.0. The average molecular weight is 331 g/mol. The fraction of sp³-hybridized carbons (Fsp3) is 0.438. The quantitative estimate of drug-likeness (QED) is 0.883. The third-order valence-electron chi connectivity index (χ3n) is 3.75. The summed E-state index contributed by atoms with van der Waals surface area (Å²) in [5.74, 6) is 1.35. The Labute approximate surface area is 140 Å². The van der Waals surface area contributed by atoms with Gasteiger partial charge in [0, 0.05) is 25.2 Å². The van der Waals surface area contributed by atoms with Gasteiger partial charge in [0.2, 0.25) is 0 Å². The van der Waals surface area contributed by atoms with Crippen LogP contribution in [0.4, 0.5) is 16.3 Å². The van der Waals surface area contributed by atoms with Crippen LogP contribution in [0.3, 0.4) is 0 Å². The number of hydrogen-bond acceptors (Lipinski definition) is 5. The van der Waals surface area contributed by atoms with Crippen LogP contribution in [0.5, 0.6) is 0 Å². The zero-order valence-corrected chi connectivity index (χ0v) is 14.4. The van der Waals surface area contributed by atoms with Crippen LogP contribution < -0.4 is 15.5 Å². The number of hydrogen-bond donors (Lipinski definition) is 2. The number of urea groups is 1. The van der Waals surface area contributed by atoms with Crippen molar-refractivity contribution in [1.82, 2.24) is 15.3 Å². The van der Waals surface area contributed by atoms with E-state index in [0.717, 1.165) is 29.4 Å². The Hall–Kier alpha value is -2.15. The van der Waals surface area contributed by atoms with E-state index >= 15 is 0 Å². The van der Waals surface area contributed by atoms with Gasteiger partial charge in [-0.25, -0.2) is 14.8 Å². The molecule has 2 amide bonds. The lowest BCUT2D eigenvalue weighted by Crippen LogP contribution is -2.33. The molecule has 3 rings (SSSR count). The van der Waals surface area contributed by atoms with Gasteiger partial charge in [0.05, 0.1) is 17.9 Å². The van der Waals surface area contributed by atoms with Crippen molar-refractivity contribution in [1.29, 1.82) is 0 Å². The van der Waals surface area contributed by atoms with Gasteiger partial charge in [0.25, 0.3) is 0 Å². The molecule has 0 unspecified atom stereocenters. The van der Waals surface area contributed by atoms with E-state index in [1.54, 1.807) is 17.5 Å². The highest BCUT2D eigenvalue weighted by Crippen LogP contribution is 2.41. The molecule has 1 fully saturated rings. The third-order valence-corrected chi connectivity index (χ3v) is 4.79. The van der Waals surface area contributed by atoms with E-state index in [0.29, 0.717) is 11.6 Å². The molecule has 2 N–H and O–H groups in total. The van der Waals surface area contributed by atoms with Crippen molar-refractivity contribution in [2.75, 3.05) is 24.3 Å². The Morgan fingerprint density at radius 1 is 1.39 bits per heavy atom. The number of aryl methyl sites for hydroxylation is 1. The number of anilines is 2. The molecule has 23 heavy (non-hydrogen) atoms. The summed E-state index contributed by atoms with van der Waals surface area (Å²) in [6, 6.07) is 3.51. The van der Waals surface area contributed by atoms with Gasteiger partial charge in [-0.05, 0) is 37.8 Å². The van der Waals surface area contributed by atoms with E-state index in [1.807, 2.05) is 43.4 Å². The smallest absolute Gasteiger partial charge is 0.319 e. The summed E-state index contributed by atoms with van der Waals surface area (Å²) in [7, 11) is 3.86. The van der Waals surface area contributed by atoms with E-state index in [4.69, 9.17) is 0 Å². The molecule has 7 heteroatoms. The van der Waals surface area contributed by atoms with Crippen molar-refractivity contribution < 1.29 is 4.79 Å². The third kappa shape index (κ3) is 3.98. The molecule has 2 heterocycles. The standard InChI is InChI=1S/C16H21N5OS/c1-10-9-23-15(18-10)14(11-4-5-11)20-16(22)19-12-6-7-13(17-8-12)21(2)3/h6-9,11,14H,4-5H2,1-3H3,(H2,19,20,22)/t14-/m1/s1. The Bertz CT molecular complexity index is 678. The van der Waals surface area contributed by atoms with E-state index < -0.39 is 0 Å². The number of thiazole rings is 1. The molecule has 6 nitrogen and oxygen atoms in total. The molecule has 0 radical (unpaired) electrons. The van der Waals surface area contributed by atoms with Crippen molar-refractivity contribution in [2.24, 2.45) is 5.92 Å². The highest BCUT2D eigenvalue weighted by molar-refractivity contribution is 7.09. The Morgan fingerprint density at radius 2 is 2.17 bits per heavy atom. The molecule has 1 saturated carbocycles. The second kappa shape index (κ2) is 6.54. The average Bonchev–Trinajstić information content (AvgIpc) is 3.27. The van der Waals surface area contributed by atoms with Crippen molar-refractivity contribution >= 4 is 28.9 Å². The van der Waals surface area contributed by atoms with E-state index in [1.165, 1.54) is 0 Å². The number of carbonyl (C=O) groups is 1. The van der Waals surface area contributed by atoms with E-state index in [-0.39, 0.29) is 12.1 Å². The lowest BCUT2D eigenvalue weighted by atomic mass is 10.2. The summed E-state index contributed by atoms with van der Waals surface area (Å²) >= 11 is 1.61. The zero-order chi connectivity index (χ0) is 16.4. The molecular formula is C16H21N5OS. The number of rotatable bonds is 5. The van der Waals surface area contributed by atoms with E-state index in [9.17, 15) is 4.79 Å². The van der Waals surface area contributed by atoms with Gasteiger partial charge in [-0.15, -0.1) is 11.3 Å². The predicted octanol–water partition coefficient (Wildman–Crippen LogP) is 3.19. The molecule has 2 aromatic heterocycles. The summed E-state index contributed by atoms with van der Waals surface area (Å²) < 4.78 is 0. The SMILES string of the molecule is Cc1csc([C@H](NC(=O)Nc2ccc(N(C)C)nc2)C2CC2)n1. The summed E-state index contributed by atoms with van der Waals surface area (Å²) in [6.45, 7) is 1.97. The van der Waals surface area contributed by atoms with Crippen LogP contribution in [-0.4, -0.2) is 30.1 Å². The highest BCUT2D eigenvalue weighted by atomic mass is 32.1. The molecular weight excluding hydrogens is 310 g/mol. The zero-order valence-electron chi connectivity index (χ0n) is 13.5. The number of aromatic nitrogens is 2. The summed E-state index contributed by atoms with van der Waals surface area (Å²) in [5.41, 5.74) is 1.68. The van der Waals surface area contributed by atoms with Crippen LogP contribution in [-0.2, 0) is 0 Å². The maximum absolute atomic E-state index is 12.3. The lowest BCUT2D eigenvalue weighted by Gasteiger charge is -2.17. The molecule has 122 valence electrons. The molecule has 2 aromatic rings. The maximum Gasteiger partial charge on any atom is 0.319 e. The first-order valence-electron chi connectivity index (χ1n) is 7.66. The Kier molecular flexibility index (Phi) is 4.47. The number of nitrogens with one attached hydrogen (secondary N) is 2. The highest BCUT2D eigenvalue weighted by Gasteiger charge is 2.35. The summed E-state index contributed by atoms with van der Waals surface area (Å²) in [5, 5.41) is 8.91. The molecule has 0 aliphatic heterocycles. The van der Waals surface area contributed by atoms with Gasteiger partial charge in [-0.3, -0.25) is 0 Å². The fourth-order valence-electron chi connectivity index (χ4n) is 2.36. The molecule has 0 bridgehead atoms. The van der Waals surface area contributed by atoms with Crippen molar-refractivity contribution in [2.45, 2.75) is 25.8 Å². The van der Waals surface area contributed by atoms with Crippen LogP contribution in [0.25, 0.3) is 0 Å². The van der Waals surface area contributed by atoms with Gasteiger partial charge in [-0.2, -0.15) is 0 Å². The lowest BCUT2D eigenvalue weighted by molar-refractivity contribution is 0.247. The molecule has 1 aliphatic rings. The first kappa shape index (κ1) is 15.7.